The number of carboxylic acid groups (broad SMARTS) is 1. The predicted molar refractivity (Wildman–Crippen MR) is 75.9 cm³/mol. The zero-order valence-electron chi connectivity index (χ0n) is 11.6. The Morgan fingerprint density at radius 2 is 1.85 bits per heavy atom. The molecule has 0 saturated heterocycles. The van der Waals surface area contributed by atoms with Crippen molar-refractivity contribution in [1.29, 1.82) is 0 Å². The molecule has 0 fully saturated rings. The number of benzene rings is 1. The van der Waals surface area contributed by atoms with Crippen molar-refractivity contribution in [3.63, 3.8) is 0 Å². The van der Waals surface area contributed by atoms with E-state index in [2.05, 4.69) is 5.32 Å². The molecule has 0 spiro atoms. The first-order chi connectivity index (χ1) is 9.32. The van der Waals surface area contributed by atoms with Crippen molar-refractivity contribution in [2.45, 2.75) is 32.9 Å². The molecule has 0 bridgehead atoms. The average Bonchev–Trinajstić information content (AvgIpc) is 2.40. The minimum atomic E-state index is -0.961. The van der Waals surface area contributed by atoms with Crippen LogP contribution in [0.5, 0.6) is 5.75 Å². The first-order valence-electron chi connectivity index (χ1n) is 6.27. The molecule has 0 heterocycles. The van der Waals surface area contributed by atoms with Crippen LogP contribution in [0.15, 0.2) is 24.3 Å². The van der Waals surface area contributed by atoms with Crippen molar-refractivity contribution in [2.75, 3.05) is 0 Å². The number of hydrogen-bond donors (Lipinski definition) is 2. The van der Waals surface area contributed by atoms with Gasteiger partial charge in [0.15, 0.2) is 6.10 Å². The van der Waals surface area contributed by atoms with E-state index in [-0.39, 0.29) is 5.91 Å². The third kappa shape index (κ3) is 4.42. The lowest BCUT2D eigenvalue weighted by atomic mass is 10.0. The van der Waals surface area contributed by atoms with Gasteiger partial charge in [0.1, 0.15) is 5.75 Å². The van der Waals surface area contributed by atoms with E-state index < -0.39 is 24.0 Å². The Bertz CT molecular complexity index is 492. The lowest BCUT2D eigenvalue weighted by Crippen LogP contribution is -2.45. The minimum absolute atomic E-state index is 0.384. The molecule has 3 unspecified atom stereocenters. The largest absolute Gasteiger partial charge is 0.481 e. The van der Waals surface area contributed by atoms with Crippen LogP contribution in [-0.2, 0) is 9.59 Å². The molecule has 1 rings (SSSR count). The number of ether oxygens (including phenoxy) is 1. The van der Waals surface area contributed by atoms with E-state index >= 15 is 0 Å². The van der Waals surface area contributed by atoms with E-state index in [0.717, 1.165) is 0 Å². The monoisotopic (exact) mass is 299 g/mol. The summed E-state index contributed by atoms with van der Waals surface area (Å²) in [5.41, 5.74) is 0. The fraction of sp³-hybridized carbons (Fsp3) is 0.429. The van der Waals surface area contributed by atoms with Crippen LogP contribution in [0.1, 0.15) is 20.8 Å². The van der Waals surface area contributed by atoms with E-state index in [1.807, 2.05) is 0 Å². The molecule has 0 aliphatic rings. The molecule has 5 nitrogen and oxygen atoms in total. The summed E-state index contributed by atoms with van der Waals surface area (Å²) in [4.78, 5) is 22.8. The van der Waals surface area contributed by atoms with Crippen molar-refractivity contribution in [1.82, 2.24) is 5.32 Å². The van der Waals surface area contributed by atoms with E-state index in [1.54, 1.807) is 38.1 Å². The third-order valence-electron chi connectivity index (χ3n) is 3.02. The van der Waals surface area contributed by atoms with Gasteiger partial charge in [0.2, 0.25) is 0 Å². The SMILES string of the molecule is CC(Oc1ccccc1Cl)C(=O)NC(C)C(C)C(=O)O. The highest BCUT2D eigenvalue weighted by Gasteiger charge is 2.24. The molecular formula is C14H18ClNO4. The van der Waals surface area contributed by atoms with E-state index in [0.29, 0.717) is 10.8 Å². The number of carbonyl (C=O) groups excluding carboxylic acids is 1. The lowest BCUT2D eigenvalue weighted by Gasteiger charge is -2.21. The van der Waals surface area contributed by atoms with Crippen LogP contribution >= 0.6 is 11.6 Å². The normalized spacial score (nSPS) is 15.0. The summed E-state index contributed by atoms with van der Waals surface area (Å²) in [6.07, 6.45) is -0.765. The van der Waals surface area contributed by atoms with Crippen LogP contribution in [0.4, 0.5) is 0 Å². The molecule has 0 aliphatic carbocycles. The fourth-order valence-corrected chi connectivity index (χ4v) is 1.65. The number of para-hydroxylation sites is 1. The highest BCUT2D eigenvalue weighted by molar-refractivity contribution is 6.32. The van der Waals surface area contributed by atoms with Crippen LogP contribution in [0.2, 0.25) is 5.02 Å². The summed E-state index contributed by atoms with van der Waals surface area (Å²) in [5, 5.41) is 11.9. The number of rotatable bonds is 6. The van der Waals surface area contributed by atoms with Gasteiger partial charge in [-0.15, -0.1) is 0 Å². The first kappa shape index (κ1) is 16.3. The van der Waals surface area contributed by atoms with Gasteiger partial charge < -0.3 is 15.2 Å². The maximum atomic E-state index is 11.9. The van der Waals surface area contributed by atoms with Crippen LogP contribution in [0, 0.1) is 5.92 Å². The topological polar surface area (TPSA) is 75.6 Å². The Morgan fingerprint density at radius 3 is 2.40 bits per heavy atom. The van der Waals surface area contributed by atoms with Crippen LogP contribution in [0.25, 0.3) is 0 Å². The number of aliphatic carboxylic acids is 1. The average molecular weight is 300 g/mol. The molecular weight excluding hydrogens is 282 g/mol. The minimum Gasteiger partial charge on any atom is -0.481 e. The predicted octanol–water partition coefficient (Wildman–Crippen LogP) is 2.33. The summed E-state index contributed by atoms with van der Waals surface area (Å²) < 4.78 is 5.46. The smallest absolute Gasteiger partial charge is 0.308 e. The number of nitrogens with one attached hydrogen (secondary N) is 1. The Morgan fingerprint density at radius 1 is 1.25 bits per heavy atom. The van der Waals surface area contributed by atoms with Crippen molar-refractivity contribution >= 4 is 23.5 Å². The number of hydrogen-bond acceptors (Lipinski definition) is 3. The number of carbonyl (C=O) groups is 2. The zero-order valence-corrected chi connectivity index (χ0v) is 12.3. The van der Waals surface area contributed by atoms with E-state index in [9.17, 15) is 9.59 Å². The van der Waals surface area contributed by atoms with Gasteiger partial charge in [-0.1, -0.05) is 23.7 Å². The maximum absolute atomic E-state index is 11.9. The van der Waals surface area contributed by atoms with Crippen molar-refractivity contribution in [3.05, 3.63) is 29.3 Å². The van der Waals surface area contributed by atoms with E-state index in [1.165, 1.54) is 6.92 Å². The van der Waals surface area contributed by atoms with Crippen LogP contribution < -0.4 is 10.1 Å². The lowest BCUT2D eigenvalue weighted by molar-refractivity contribution is -0.142. The number of amides is 1. The highest BCUT2D eigenvalue weighted by atomic mass is 35.5. The van der Waals surface area contributed by atoms with Gasteiger partial charge in [-0.2, -0.15) is 0 Å². The number of carboxylic acids is 1. The summed E-state index contributed by atoms with van der Waals surface area (Å²) in [7, 11) is 0. The molecule has 0 saturated carbocycles. The van der Waals surface area contributed by atoms with Gasteiger partial charge in [0.25, 0.3) is 5.91 Å². The summed E-state index contributed by atoms with van der Waals surface area (Å²) in [5.74, 6) is -1.61. The highest BCUT2D eigenvalue weighted by Crippen LogP contribution is 2.24. The third-order valence-corrected chi connectivity index (χ3v) is 3.33. The second-order valence-corrected chi connectivity index (χ2v) is 5.02. The molecule has 6 heteroatoms. The van der Waals surface area contributed by atoms with Crippen molar-refractivity contribution in [2.24, 2.45) is 5.92 Å². The molecule has 0 radical (unpaired) electrons. The van der Waals surface area contributed by atoms with Gasteiger partial charge in [0.05, 0.1) is 10.9 Å². The Hall–Kier alpha value is -1.75. The standard InChI is InChI=1S/C14H18ClNO4/c1-8(14(18)19)9(2)16-13(17)10(3)20-12-7-5-4-6-11(12)15/h4-10H,1-3H3,(H,16,17)(H,18,19). The molecule has 3 atom stereocenters. The second kappa shape index (κ2) is 7.14. The zero-order chi connectivity index (χ0) is 15.3. The maximum Gasteiger partial charge on any atom is 0.308 e. The van der Waals surface area contributed by atoms with Crippen molar-refractivity contribution < 1.29 is 19.4 Å². The van der Waals surface area contributed by atoms with Gasteiger partial charge in [-0.3, -0.25) is 9.59 Å². The summed E-state index contributed by atoms with van der Waals surface area (Å²) in [6, 6.07) is 6.35. The Balaban J connectivity index is 2.60. The number of halogens is 1. The molecule has 1 amide bonds. The fourth-order valence-electron chi connectivity index (χ4n) is 1.46. The first-order valence-corrected chi connectivity index (χ1v) is 6.65. The molecule has 110 valence electrons. The molecule has 2 N–H and O–H groups in total. The van der Waals surface area contributed by atoms with Gasteiger partial charge in [0, 0.05) is 6.04 Å². The van der Waals surface area contributed by atoms with Crippen molar-refractivity contribution in [3.8, 4) is 5.75 Å². The van der Waals surface area contributed by atoms with Gasteiger partial charge in [-0.05, 0) is 32.9 Å². The molecule has 0 aromatic heterocycles. The molecule has 1 aromatic rings. The van der Waals surface area contributed by atoms with Gasteiger partial charge >= 0.3 is 5.97 Å². The van der Waals surface area contributed by atoms with E-state index in [4.69, 9.17) is 21.4 Å². The molecule has 20 heavy (non-hydrogen) atoms. The summed E-state index contributed by atoms with van der Waals surface area (Å²) >= 11 is 5.94. The Labute approximate surface area is 122 Å². The van der Waals surface area contributed by atoms with Gasteiger partial charge in [-0.25, -0.2) is 0 Å². The quantitative estimate of drug-likeness (QED) is 0.845. The molecule has 0 aliphatic heterocycles. The van der Waals surface area contributed by atoms with Crippen LogP contribution in [-0.4, -0.2) is 29.1 Å². The Kier molecular flexibility index (Phi) is 5.82. The summed E-state index contributed by atoms with van der Waals surface area (Å²) in [6.45, 7) is 4.75. The second-order valence-electron chi connectivity index (χ2n) is 4.61. The van der Waals surface area contributed by atoms with Crippen LogP contribution in [0.3, 0.4) is 0 Å². The molecule has 1 aromatic carbocycles.